The Kier molecular flexibility index (Phi) is 5.08. The lowest BCUT2D eigenvalue weighted by Crippen LogP contribution is -2.44. The van der Waals surface area contributed by atoms with Gasteiger partial charge in [0.25, 0.3) is 0 Å². The van der Waals surface area contributed by atoms with Gasteiger partial charge < -0.3 is 15.5 Å². The molecule has 1 aliphatic rings. The van der Waals surface area contributed by atoms with Crippen LogP contribution in [0.2, 0.25) is 0 Å². The Morgan fingerprint density at radius 2 is 2.20 bits per heavy atom. The van der Waals surface area contributed by atoms with E-state index in [2.05, 4.69) is 22.6 Å². The highest BCUT2D eigenvalue weighted by Gasteiger charge is 2.16. The van der Waals surface area contributed by atoms with E-state index in [-0.39, 0.29) is 12.5 Å². The lowest BCUT2D eigenvalue weighted by atomic mass is 10.1. The number of likely N-dealkylation sites (tertiary alicyclic amines) is 1. The predicted molar refractivity (Wildman–Crippen MR) is 57.1 cm³/mol. The van der Waals surface area contributed by atoms with Gasteiger partial charge in [-0.1, -0.05) is 0 Å². The van der Waals surface area contributed by atoms with E-state index in [0.717, 1.165) is 25.9 Å². The standard InChI is InChI=1S/C10H18N4O/c1-14-6-2-9(3-7-14)13-8-10(15)12-5-4-11/h9,13H,2-3,5-8H2,1H3,(H,12,15). The van der Waals surface area contributed by atoms with Gasteiger partial charge in [-0.2, -0.15) is 5.26 Å². The van der Waals surface area contributed by atoms with Crippen LogP contribution in [0.3, 0.4) is 0 Å². The van der Waals surface area contributed by atoms with E-state index in [1.165, 1.54) is 0 Å². The molecule has 1 saturated heterocycles. The maximum Gasteiger partial charge on any atom is 0.234 e. The fraction of sp³-hybridized carbons (Fsp3) is 0.800. The van der Waals surface area contributed by atoms with Gasteiger partial charge in [-0.05, 0) is 33.0 Å². The molecule has 2 N–H and O–H groups in total. The molecule has 0 atom stereocenters. The zero-order valence-electron chi connectivity index (χ0n) is 9.12. The van der Waals surface area contributed by atoms with Crippen molar-refractivity contribution in [2.75, 3.05) is 33.2 Å². The summed E-state index contributed by atoms with van der Waals surface area (Å²) in [6.45, 7) is 2.57. The molecule has 0 radical (unpaired) electrons. The average molecular weight is 210 g/mol. The topological polar surface area (TPSA) is 68.2 Å². The molecule has 1 aliphatic heterocycles. The molecule has 0 aromatic carbocycles. The van der Waals surface area contributed by atoms with Gasteiger partial charge in [0.15, 0.2) is 0 Å². The number of carbonyl (C=O) groups is 1. The van der Waals surface area contributed by atoms with E-state index >= 15 is 0 Å². The minimum absolute atomic E-state index is 0.0912. The van der Waals surface area contributed by atoms with Gasteiger partial charge in [0.05, 0.1) is 12.6 Å². The van der Waals surface area contributed by atoms with Crippen molar-refractivity contribution in [3.63, 3.8) is 0 Å². The van der Waals surface area contributed by atoms with Crippen LogP contribution in [0.4, 0.5) is 0 Å². The van der Waals surface area contributed by atoms with Gasteiger partial charge in [-0.15, -0.1) is 0 Å². The van der Waals surface area contributed by atoms with E-state index in [0.29, 0.717) is 12.6 Å². The molecule has 1 rings (SSSR count). The number of piperidine rings is 1. The summed E-state index contributed by atoms with van der Waals surface area (Å²) < 4.78 is 0. The van der Waals surface area contributed by atoms with E-state index in [4.69, 9.17) is 5.26 Å². The number of nitrogens with zero attached hydrogens (tertiary/aromatic N) is 2. The molecule has 0 bridgehead atoms. The number of rotatable bonds is 4. The van der Waals surface area contributed by atoms with Crippen LogP contribution >= 0.6 is 0 Å². The Balaban J connectivity index is 2.09. The molecule has 15 heavy (non-hydrogen) atoms. The summed E-state index contributed by atoms with van der Waals surface area (Å²) in [6.07, 6.45) is 2.17. The van der Waals surface area contributed by atoms with Gasteiger partial charge in [-0.25, -0.2) is 0 Å². The fourth-order valence-electron chi connectivity index (χ4n) is 1.65. The third kappa shape index (κ3) is 4.77. The summed E-state index contributed by atoms with van der Waals surface area (Å²) in [5.74, 6) is -0.101. The van der Waals surface area contributed by atoms with Gasteiger partial charge in [0.2, 0.25) is 5.91 Å². The molecule has 0 saturated carbocycles. The zero-order chi connectivity index (χ0) is 11.1. The van der Waals surface area contributed by atoms with Crippen LogP contribution < -0.4 is 10.6 Å². The largest absolute Gasteiger partial charge is 0.342 e. The lowest BCUT2D eigenvalue weighted by molar-refractivity contribution is -0.120. The van der Waals surface area contributed by atoms with Crippen molar-refractivity contribution in [1.29, 1.82) is 5.26 Å². The number of hydrogen-bond acceptors (Lipinski definition) is 4. The molecule has 5 heteroatoms. The molecular formula is C10H18N4O. The first-order valence-electron chi connectivity index (χ1n) is 5.28. The number of hydrogen-bond donors (Lipinski definition) is 2. The second kappa shape index (κ2) is 6.38. The Hall–Kier alpha value is -1.12. The van der Waals surface area contributed by atoms with Crippen molar-refractivity contribution in [1.82, 2.24) is 15.5 Å². The van der Waals surface area contributed by atoms with Gasteiger partial charge in [-0.3, -0.25) is 4.79 Å². The maximum absolute atomic E-state index is 11.2. The molecule has 0 unspecified atom stereocenters. The molecule has 0 spiro atoms. The molecule has 0 aromatic rings. The molecule has 1 fully saturated rings. The maximum atomic E-state index is 11.2. The van der Waals surface area contributed by atoms with E-state index < -0.39 is 0 Å². The van der Waals surface area contributed by atoms with Crippen LogP contribution in [-0.4, -0.2) is 50.1 Å². The highest BCUT2D eigenvalue weighted by Crippen LogP contribution is 2.07. The second-order valence-corrected chi connectivity index (χ2v) is 3.89. The van der Waals surface area contributed by atoms with Crippen molar-refractivity contribution in [2.24, 2.45) is 0 Å². The molecule has 84 valence electrons. The van der Waals surface area contributed by atoms with Gasteiger partial charge >= 0.3 is 0 Å². The van der Waals surface area contributed by atoms with Crippen LogP contribution in [0.25, 0.3) is 0 Å². The predicted octanol–water partition coefficient (Wildman–Crippen LogP) is -0.690. The minimum Gasteiger partial charge on any atom is -0.342 e. The number of nitrogens with one attached hydrogen (secondary N) is 2. The zero-order valence-corrected chi connectivity index (χ0v) is 9.12. The molecular weight excluding hydrogens is 192 g/mol. The van der Waals surface area contributed by atoms with Crippen LogP contribution in [0.5, 0.6) is 0 Å². The molecule has 0 aromatic heterocycles. The summed E-state index contributed by atoms with van der Waals surface area (Å²) in [6, 6.07) is 2.31. The highest BCUT2D eigenvalue weighted by atomic mass is 16.1. The molecule has 1 heterocycles. The average Bonchev–Trinajstić information content (AvgIpc) is 2.25. The summed E-state index contributed by atoms with van der Waals surface area (Å²) in [4.78, 5) is 13.5. The molecule has 5 nitrogen and oxygen atoms in total. The van der Waals surface area contributed by atoms with E-state index in [9.17, 15) is 4.79 Å². The Morgan fingerprint density at radius 3 is 2.80 bits per heavy atom. The van der Waals surface area contributed by atoms with Crippen LogP contribution in [-0.2, 0) is 4.79 Å². The Morgan fingerprint density at radius 1 is 1.53 bits per heavy atom. The molecule has 0 aliphatic carbocycles. The first-order valence-corrected chi connectivity index (χ1v) is 5.28. The van der Waals surface area contributed by atoms with Crippen LogP contribution in [0, 0.1) is 11.3 Å². The van der Waals surface area contributed by atoms with Crippen molar-refractivity contribution >= 4 is 5.91 Å². The van der Waals surface area contributed by atoms with Crippen LogP contribution in [0.1, 0.15) is 12.8 Å². The van der Waals surface area contributed by atoms with Crippen molar-refractivity contribution in [3.05, 3.63) is 0 Å². The highest BCUT2D eigenvalue weighted by molar-refractivity contribution is 5.78. The third-order valence-electron chi connectivity index (χ3n) is 2.63. The summed E-state index contributed by atoms with van der Waals surface area (Å²) in [7, 11) is 2.11. The fourth-order valence-corrected chi connectivity index (χ4v) is 1.65. The number of amides is 1. The van der Waals surface area contributed by atoms with Gasteiger partial charge in [0, 0.05) is 6.04 Å². The summed E-state index contributed by atoms with van der Waals surface area (Å²) in [5.41, 5.74) is 0. The first kappa shape index (κ1) is 12.0. The van der Waals surface area contributed by atoms with E-state index in [1.54, 1.807) is 0 Å². The quantitative estimate of drug-likeness (QED) is 0.603. The first-order chi connectivity index (χ1) is 7.22. The summed E-state index contributed by atoms with van der Waals surface area (Å²) >= 11 is 0. The summed E-state index contributed by atoms with van der Waals surface area (Å²) in [5, 5.41) is 14.0. The van der Waals surface area contributed by atoms with Gasteiger partial charge in [0.1, 0.15) is 6.54 Å². The normalized spacial score (nSPS) is 18.4. The SMILES string of the molecule is CN1CCC(NCC(=O)NCC#N)CC1. The van der Waals surface area contributed by atoms with Crippen molar-refractivity contribution < 1.29 is 4.79 Å². The van der Waals surface area contributed by atoms with E-state index in [1.807, 2.05) is 6.07 Å². The Labute approximate surface area is 90.4 Å². The van der Waals surface area contributed by atoms with Crippen LogP contribution in [0.15, 0.2) is 0 Å². The lowest BCUT2D eigenvalue weighted by Gasteiger charge is -2.29. The number of carbonyl (C=O) groups excluding carboxylic acids is 1. The molecule has 1 amide bonds. The minimum atomic E-state index is -0.101. The second-order valence-electron chi connectivity index (χ2n) is 3.89. The van der Waals surface area contributed by atoms with Crippen molar-refractivity contribution in [2.45, 2.75) is 18.9 Å². The van der Waals surface area contributed by atoms with Crippen molar-refractivity contribution in [3.8, 4) is 6.07 Å². The Bertz CT molecular complexity index is 240. The number of nitriles is 1. The monoisotopic (exact) mass is 210 g/mol. The smallest absolute Gasteiger partial charge is 0.234 e. The third-order valence-corrected chi connectivity index (χ3v) is 2.63.